The minimum Gasteiger partial charge on any atom is -0.453 e. The molecule has 0 fully saturated rings. The third kappa shape index (κ3) is 6.13. The van der Waals surface area contributed by atoms with Crippen LogP contribution < -0.4 is 10.6 Å². The zero-order valence-corrected chi connectivity index (χ0v) is 23.6. The Morgan fingerprint density at radius 3 is 2.71 bits per heavy atom. The number of amides is 3. The molecule has 0 aliphatic carbocycles. The van der Waals surface area contributed by atoms with E-state index in [1.807, 2.05) is 6.07 Å². The fourth-order valence-corrected chi connectivity index (χ4v) is 5.57. The van der Waals surface area contributed by atoms with Gasteiger partial charge < -0.3 is 15.0 Å². The van der Waals surface area contributed by atoms with Gasteiger partial charge in [-0.3, -0.25) is 19.9 Å². The SMILES string of the molecule is COC(=O)Nc1ccc2c(c1)C(=O)NCCCCCC(N1CCC(c3c(F)ccc(Cl)c3F)=CC1=O)c1cc-2ccn1. The molecule has 0 saturated heterocycles. The molecule has 3 aromatic rings. The monoisotopic (exact) mass is 594 g/mol. The number of benzene rings is 2. The van der Waals surface area contributed by atoms with Crippen LogP contribution in [0.2, 0.25) is 5.02 Å². The number of aromatic nitrogens is 1. The van der Waals surface area contributed by atoms with Gasteiger partial charge in [0.1, 0.15) is 5.82 Å². The van der Waals surface area contributed by atoms with E-state index in [1.54, 1.807) is 35.4 Å². The minimum absolute atomic E-state index is 0.208. The van der Waals surface area contributed by atoms with E-state index in [0.717, 1.165) is 31.4 Å². The molecule has 3 amide bonds. The molecular formula is C31H29ClF2N4O4. The highest BCUT2D eigenvalue weighted by atomic mass is 35.5. The largest absolute Gasteiger partial charge is 0.453 e. The maximum Gasteiger partial charge on any atom is 0.411 e. The Bertz CT molecular complexity index is 1580. The first kappa shape index (κ1) is 29.2. The summed E-state index contributed by atoms with van der Waals surface area (Å²) in [5.41, 5.74) is 2.73. The van der Waals surface area contributed by atoms with Gasteiger partial charge in [0.25, 0.3) is 5.91 Å². The molecule has 1 unspecified atom stereocenters. The van der Waals surface area contributed by atoms with Crippen LogP contribution in [0.4, 0.5) is 19.3 Å². The summed E-state index contributed by atoms with van der Waals surface area (Å²) < 4.78 is 33.9. The maximum absolute atomic E-state index is 14.7. The highest BCUT2D eigenvalue weighted by Crippen LogP contribution is 2.36. The van der Waals surface area contributed by atoms with Crippen LogP contribution in [-0.2, 0) is 9.53 Å². The molecule has 218 valence electrons. The Hall–Kier alpha value is -4.31. The van der Waals surface area contributed by atoms with Crippen molar-refractivity contribution in [2.24, 2.45) is 0 Å². The van der Waals surface area contributed by atoms with Crippen LogP contribution >= 0.6 is 11.6 Å². The average Bonchev–Trinajstić information content (AvgIpc) is 2.99. The van der Waals surface area contributed by atoms with Crippen molar-refractivity contribution >= 4 is 40.8 Å². The Morgan fingerprint density at radius 1 is 1.10 bits per heavy atom. The van der Waals surface area contributed by atoms with Crippen LogP contribution in [0.1, 0.15) is 59.8 Å². The molecule has 2 aliphatic rings. The average molecular weight is 595 g/mol. The summed E-state index contributed by atoms with van der Waals surface area (Å²) in [5.74, 6) is -2.30. The van der Waals surface area contributed by atoms with E-state index < -0.39 is 23.8 Å². The second-order valence-corrected chi connectivity index (χ2v) is 10.5. The highest BCUT2D eigenvalue weighted by molar-refractivity contribution is 6.31. The fraction of sp³-hybridized carbons (Fsp3) is 0.290. The number of fused-ring (bicyclic) bond motifs is 4. The molecule has 5 rings (SSSR count). The van der Waals surface area contributed by atoms with Crippen molar-refractivity contribution < 1.29 is 27.9 Å². The molecule has 1 aromatic heterocycles. The molecule has 8 nitrogen and oxygen atoms in total. The smallest absolute Gasteiger partial charge is 0.411 e. The molecule has 2 aromatic carbocycles. The second-order valence-electron chi connectivity index (χ2n) is 10.1. The molecule has 2 aliphatic heterocycles. The van der Waals surface area contributed by atoms with Crippen molar-refractivity contribution in [3.8, 4) is 11.1 Å². The summed E-state index contributed by atoms with van der Waals surface area (Å²) in [6.45, 7) is 0.699. The van der Waals surface area contributed by atoms with Gasteiger partial charge >= 0.3 is 6.09 Å². The first-order valence-corrected chi connectivity index (χ1v) is 14.0. The Balaban J connectivity index is 1.51. The summed E-state index contributed by atoms with van der Waals surface area (Å²) >= 11 is 5.89. The second kappa shape index (κ2) is 12.7. The standard InChI is InChI=1S/C31H29ClF2N4O4/c1-42-31(41)37-20-6-7-21-18-10-13-35-25(15-18)26(5-3-2-4-12-36-30(40)22(21)17-20)38-14-11-19(16-27(38)39)28-24(33)9-8-23(32)29(28)34/h6-10,13,15-17,26H,2-5,11-12,14H2,1H3,(H,36,40)(H,37,41). The van der Waals surface area contributed by atoms with Gasteiger partial charge in [-0.2, -0.15) is 0 Å². The number of nitrogens with one attached hydrogen (secondary N) is 2. The van der Waals surface area contributed by atoms with Crippen LogP contribution in [0.3, 0.4) is 0 Å². The van der Waals surface area contributed by atoms with E-state index in [1.165, 1.54) is 13.2 Å². The molecule has 1 atom stereocenters. The van der Waals surface area contributed by atoms with Crippen molar-refractivity contribution in [3.05, 3.63) is 88.2 Å². The lowest BCUT2D eigenvalue weighted by Crippen LogP contribution is -2.38. The predicted octanol–water partition coefficient (Wildman–Crippen LogP) is 6.52. The third-order valence-corrected chi connectivity index (χ3v) is 7.81. The lowest BCUT2D eigenvalue weighted by atomic mass is 9.93. The number of pyridine rings is 1. The van der Waals surface area contributed by atoms with E-state index in [0.29, 0.717) is 41.0 Å². The molecule has 2 bridgehead atoms. The Kier molecular flexibility index (Phi) is 8.82. The number of hydrogen-bond acceptors (Lipinski definition) is 5. The molecule has 11 heteroatoms. The van der Waals surface area contributed by atoms with Crippen LogP contribution in [0.25, 0.3) is 16.7 Å². The quantitative estimate of drug-likeness (QED) is 0.336. The van der Waals surface area contributed by atoms with Crippen molar-refractivity contribution in [1.82, 2.24) is 15.2 Å². The predicted molar refractivity (Wildman–Crippen MR) is 155 cm³/mol. The van der Waals surface area contributed by atoms with Gasteiger partial charge in [-0.15, -0.1) is 0 Å². The van der Waals surface area contributed by atoms with Crippen LogP contribution in [0.15, 0.2) is 54.7 Å². The number of anilines is 1. The van der Waals surface area contributed by atoms with Gasteiger partial charge in [-0.05, 0) is 72.4 Å². The number of ether oxygens (including phenoxy) is 1. The topological polar surface area (TPSA) is 101 Å². The van der Waals surface area contributed by atoms with Crippen LogP contribution in [0.5, 0.6) is 0 Å². The van der Waals surface area contributed by atoms with E-state index >= 15 is 0 Å². The summed E-state index contributed by atoms with van der Waals surface area (Å²) in [6.07, 6.45) is 5.41. The molecule has 0 radical (unpaired) electrons. The molecule has 0 saturated carbocycles. The molecule has 0 spiro atoms. The van der Waals surface area contributed by atoms with Gasteiger partial charge in [0.2, 0.25) is 5.91 Å². The number of carbonyl (C=O) groups is 3. The van der Waals surface area contributed by atoms with Gasteiger partial charge in [0, 0.05) is 36.6 Å². The van der Waals surface area contributed by atoms with Crippen LogP contribution in [-0.4, -0.2) is 48.0 Å². The van der Waals surface area contributed by atoms with E-state index in [4.69, 9.17) is 11.6 Å². The first-order chi connectivity index (χ1) is 20.3. The van der Waals surface area contributed by atoms with Gasteiger partial charge in [-0.25, -0.2) is 13.6 Å². The van der Waals surface area contributed by atoms with E-state index in [9.17, 15) is 23.2 Å². The molecular weight excluding hydrogens is 566 g/mol. The number of methoxy groups -OCH3 is 1. The van der Waals surface area contributed by atoms with Crippen molar-refractivity contribution in [2.45, 2.75) is 38.1 Å². The minimum atomic E-state index is -0.882. The summed E-state index contributed by atoms with van der Waals surface area (Å²) in [5, 5.41) is 5.33. The zero-order valence-electron chi connectivity index (χ0n) is 22.9. The normalized spacial score (nSPS) is 17.6. The molecule has 42 heavy (non-hydrogen) atoms. The van der Waals surface area contributed by atoms with Gasteiger partial charge in [0.05, 0.1) is 29.4 Å². The van der Waals surface area contributed by atoms with Crippen molar-refractivity contribution in [3.63, 3.8) is 0 Å². The summed E-state index contributed by atoms with van der Waals surface area (Å²) in [7, 11) is 1.26. The summed E-state index contributed by atoms with van der Waals surface area (Å²) in [4.78, 5) is 44.7. The number of carbonyl (C=O) groups excluding carboxylic acids is 3. The number of nitrogens with zero attached hydrogens (tertiary/aromatic N) is 2. The lowest BCUT2D eigenvalue weighted by molar-refractivity contribution is -0.129. The molecule has 3 heterocycles. The van der Waals surface area contributed by atoms with Crippen molar-refractivity contribution in [2.75, 3.05) is 25.5 Å². The third-order valence-electron chi connectivity index (χ3n) is 7.51. The number of halogens is 3. The Morgan fingerprint density at radius 2 is 1.93 bits per heavy atom. The highest BCUT2D eigenvalue weighted by Gasteiger charge is 2.31. The van der Waals surface area contributed by atoms with Gasteiger partial charge in [-0.1, -0.05) is 30.5 Å². The van der Waals surface area contributed by atoms with Gasteiger partial charge in [0.15, 0.2) is 5.82 Å². The van der Waals surface area contributed by atoms with E-state index in [-0.39, 0.29) is 40.9 Å². The zero-order chi connectivity index (χ0) is 29.8. The Labute approximate surface area is 246 Å². The number of rotatable bonds is 3. The maximum atomic E-state index is 14.7. The molecule has 2 N–H and O–H groups in total. The van der Waals surface area contributed by atoms with Crippen LogP contribution in [0, 0.1) is 11.6 Å². The summed E-state index contributed by atoms with van der Waals surface area (Å²) in [6, 6.07) is 10.5. The van der Waals surface area contributed by atoms with E-state index in [2.05, 4.69) is 20.4 Å². The van der Waals surface area contributed by atoms with Crippen molar-refractivity contribution in [1.29, 1.82) is 0 Å². The lowest BCUT2D eigenvalue weighted by Gasteiger charge is -2.34. The fourth-order valence-electron chi connectivity index (χ4n) is 5.41. The number of hydrogen-bond donors (Lipinski definition) is 2. The first-order valence-electron chi connectivity index (χ1n) is 13.7.